The highest BCUT2D eigenvalue weighted by molar-refractivity contribution is 5.92. The quantitative estimate of drug-likeness (QED) is 0.727. The van der Waals surface area contributed by atoms with Crippen LogP contribution in [0.25, 0.3) is 0 Å². The van der Waals surface area contributed by atoms with Crippen molar-refractivity contribution in [3.05, 3.63) is 0 Å². The lowest BCUT2D eigenvalue weighted by Gasteiger charge is -2.27. The molecule has 5 heteroatoms. The van der Waals surface area contributed by atoms with Gasteiger partial charge in [-0.05, 0) is 20.3 Å². The third kappa shape index (κ3) is 2.66. The Balaban J connectivity index is 1.86. The van der Waals surface area contributed by atoms with Gasteiger partial charge in [-0.1, -0.05) is 0 Å². The zero-order valence-electron chi connectivity index (χ0n) is 11.2. The van der Waals surface area contributed by atoms with E-state index in [1.54, 1.807) is 0 Å². The van der Waals surface area contributed by atoms with E-state index in [9.17, 15) is 9.59 Å². The summed E-state index contributed by atoms with van der Waals surface area (Å²) in [7, 11) is 0. The number of amides is 2. The number of carbonyl (C=O) groups excluding carboxylic acids is 2. The smallest absolute Gasteiger partial charge is 0.226 e. The van der Waals surface area contributed by atoms with E-state index in [4.69, 9.17) is 4.74 Å². The molecule has 1 heterocycles. The first kappa shape index (κ1) is 13.3. The van der Waals surface area contributed by atoms with Gasteiger partial charge in [-0.2, -0.15) is 0 Å². The van der Waals surface area contributed by atoms with Crippen molar-refractivity contribution < 1.29 is 14.3 Å². The van der Waals surface area contributed by atoms with Crippen molar-refractivity contribution in [1.29, 1.82) is 0 Å². The fraction of sp³-hybridized carbons (Fsp3) is 0.846. The van der Waals surface area contributed by atoms with E-state index in [2.05, 4.69) is 0 Å². The normalized spacial score (nSPS) is 26.9. The molecule has 2 rings (SSSR count). The lowest BCUT2D eigenvalue weighted by Crippen LogP contribution is -2.42. The van der Waals surface area contributed by atoms with Gasteiger partial charge in [0.15, 0.2) is 0 Å². The molecular formula is C13H22N2O3. The van der Waals surface area contributed by atoms with E-state index in [-0.39, 0.29) is 23.7 Å². The standard InChI is InChI=1S/C13H22N2O3/c1-3-14(4-2)12(16)10-9-11(10)13(17)15-5-7-18-8-6-15/h10-11H,3-9H2,1-2H3. The number of nitrogens with zero attached hydrogens (tertiary/aromatic N) is 2. The van der Waals surface area contributed by atoms with E-state index in [1.807, 2.05) is 23.6 Å². The van der Waals surface area contributed by atoms with Gasteiger partial charge in [-0.15, -0.1) is 0 Å². The molecule has 2 atom stereocenters. The van der Waals surface area contributed by atoms with Crippen molar-refractivity contribution in [2.45, 2.75) is 20.3 Å². The Labute approximate surface area is 108 Å². The molecule has 0 N–H and O–H groups in total. The zero-order chi connectivity index (χ0) is 13.1. The van der Waals surface area contributed by atoms with Gasteiger partial charge in [-0.3, -0.25) is 9.59 Å². The number of hydrogen-bond acceptors (Lipinski definition) is 3. The lowest BCUT2D eigenvalue weighted by molar-refractivity contribution is -0.140. The number of ether oxygens (including phenoxy) is 1. The molecule has 0 aromatic carbocycles. The number of morpholine rings is 1. The molecule has 1 aliphatic heterocycles. The zero-order valence-corrected chi connectivity index (χ0v) is 11.2. The van der Waals surface area contributed by atoms with E-state index in [0.717, 1.165) is 19.5 Å². The summed E-state index contributed by atoms with van der Waals surface area (Å²) in [6.45, 7) is 7.98. The van der Waals surface area contributed by atoms with Crippen LogP contribution in [0.3, 0.4) is 0 Å². The van der Waals surface area contributed by atoms with E-state index < -0.39 is 0 Å². The second-order valence-electron chi connectivity index (χ2n) is 4.90. The van der Waals surface area contributed by atoms with Crippen LogP contribution in [-0.2, 0) is 14.3 Å². The maximum atomic E-state index is 12.2. The average molecular weight is 254 g/mol. The molecule has 2 aliphatic rings. The number of hydrogen-bond donors (Lipinski definition) is 0. The van der Waals surface area contributed by atoms with Crippen molar-refractivity contribution in [1.82, 2.24) is 9.80 Å². The summed E-state index contributed by atoms with van der Waals surface area (Å²) in [6, 6.07) is 0. The molecule has 2 amide bonds. The highest BCUT2D eigenvalue weighted by Gasteiger charge is 2.50. The first-order chi connectivity index (χ1) is 8.69. The Bertz CT molecular complexity index is 322. The summed E-state index contributed by atoms with van der Waals surface area (Å²) in [5.41, 5.74) is 0. The first-order valence-electron chi connectivity index (χ1n) is 6.84. The maximum absolute atomic E-state index is 12.2. The Kier molecular flexibility index (Phi) is 4.22. The molecular weight excluding hydrogens is 232 g/mol. The summed E-state index contributed by atoms with van der Waals surface area (Å²) in [5, 5.41) is 0. The van der Waals surface area contributed by atoms with E-state index in [0.29, 0.717) is 26.3 Å². The van der Waals surface area contributed by atoms with Gasteiger partial charge in [0.25, 0.3) is 0 Å². The van der Waals surface area contributed by atoms with Crippen molar-refractivity contribution >= 4 is 11.8 Å². The van der Waals surface area contributed by atoms with Crippen LogP contribution >= 0.6 is 0 Å². The molecule has 18 heavy (non-hydrogen) atoms. The Morgan fingerprint density at radius 2 is 1.78 bits per heavy atom. The third-order valence-corrected chi connectivity index (χ3v) is 3.82. The molecule has 0 spiro atoms. The molecule has 2 unspecified atom stereocenters. The Hall–Kier alpha value is -1.10. The van der Waals surface area contributed by atoms with E-state index >= 15 is 0 Å². The summed E-state index contributed by atoms with van der Waals surface area (Å²) >= 11 is 0. The van der Waals surface area contributed by atoms with Crippen molar-refractivity contribution in [2.24, 2.45) is 11.8 Å². The van der Waals surface area contributed by atoms with Gasteiger partial charge >= 0.3 is 0 Å². The minimum atomic E-state index is -0.0730. The van der Waals surface area contributed by atoms with Gasteiger partial charge in [0.1, 0.15) is 0 Å². The molecule has 1 saturated carbocycles. The number of rotatable bonds is 4. The highest BCUT2D eigenvalue weighted by Crippen LogP contribution is 2.41. The van der Waals surface area contributed by atoms with Crippen molar-refractivity contribution in [2.75, 3.05) is 39.4 Å². The highest BCUT2D eigenvalue weighted by atomic mass is 16.5. The first-order valence-corrected chi connectivity index (χ1v) is 6.84. The van der Waals surface area contributed by atoms with Crippen LogP contribution in [0.5, 0.6) is 0 Å². The van der Waals surface area contributed by atoms with Crippen LogP contribution in [-0.4, -0.2) is 61.0 Å². The Morgan fingerprint density at radius 1 is 1.17 bits per heavy atom. The summed E-state index contributed by atoms with van der Waals surface area (Å²) in [4.78, 5) is 27.9. The SMILES string of the molecule is CCN(CC)C(=O)C1CC1C(=O)N1CCOCC1. The fourth-order valence-corrected chi connectivity index (χ4v) is 2.53. The number of carbonyl (C=O) groups is 2. The van der Waals surface area contributed by atoms with Gasteiger partial charge in [0, 0.05) is 26.2 Å². The molecule has 2 fully saturated rings. The summed E-state index contributed by atoms with van der Waals surface area (Å²) in [5.74, 6) is 0.145. The second-order valence-corrected chi connectivity index (χ2v) is 4.90. The van der Waals surface area contributed by atoms with Gasteiger partial charge in [0.05, 0.1) is 25.0 Å². The molecule has 102 valence electrons. The topological polar surface area (TPSA) is 49.9 Å². The third-order valence-electron chi connectivity index (χ3n) is 3.82. The fourth-order valence-electron chi connectivity index (χ4n) is 2.53. The Morgan fingerprint density at radius 3 is 2.33 bits per heavy atom. The van der Waals surface area contributed by atoms with Crippen LogP contribution in [0.1, 0.15) is 20.3 Å². The van der Waals surface area contributed by atoms with Crippen LogP contribution in [0.15, 0.2) is 0 Å². The van der Waals surface area contributed by atoms with Crippen LogP contribution in [0.2, 0.25) is 0 Å². The van der Waals surface area contributed by atoms with E-state index in [1.165, 1.54) is 0 Å². The molecule has 1 aliphatic carbocycles. The average Bonchev–Trinajstić information content (AvgIpc) is 3.20. The maximum Gasteiger partial charge on any atom is 0.226 e. The van der Waals surface area contributed by atoms with Crippen molar-refractivity contribution in [3.63, 3.8) is 0 Å². The van der Waals surface area contributed by atoms with Crippen LogP contribution in [0, 0.1) is 11.8 Å². The minimum Gasteiger partial charge on any atom is -0.378 e. The molecule has 0 bridgehead atoms. The van der Waals surface area contributed by atoms with Gasteiger partial charge in [-0.25, -0.2) is 0 Å². The molecule has 0 aromatic heterocycles. The lowest BCUT2D eigenvalue weighted by atomic mass is 10.2. The van der Waals surface area contributed by atoms with Crippen molar-refractivity contribution in [3.8, 4) is 0 Å². The monoisotopic (exact) mass is 254 g/mol. The van der Waals surface area contributed by atoms with Crippen LogP contribution < -0.4 is 0 Å². The van der Waals surface area contributed by atoms with Gasteiger partial charge < -0.3 is 14.5 Å². The molecule has 0 radical (unpaired) electrons. The molecule has 1 saturated heterocycles. The van der Waals surface area contributed by atoms with Gasteiger partial charge in [0.2, 0.25) is 11.8 Å². The molecule has 5 nitrogen and oxygen atoms in total. The predicted octanol–water partition coefficient (Wildman–Crippen LogP) is 0.350. The molecule has 0 aromatic rings. The predicted molar refractivity (Wildman–Crippen MR) is 66.9 cm³/mol. The minimum absolute atomic E-state index is 0.0692. The summed E-state index contributed by atoms with van der Waals surface area (Å²) in [6.07, 6.45) is 0.728. The largest absolute Gasteiger partial charge is 0.378 e. The van der Waals surface area contributed by atoms with Crippen LogP contribution in [0.4, 0.5) is 0 Å². The second kappa shape index (κ2) is 5.69. The summed E-state index contributed by atoms with van der Waals surface area (Å²) < 4.78 is 5.23.